The Morgan fingerprint density at radius 2 is 1.90 bits per heavy atom. The maximum atomic E-state index is 12.6. The molecule has 29 heavy (non-hydrogen) atoms. The van der Waals surface area contributed by atoms with E-state index < -0.39 is 23.4 Å². The Kier molecular flexibility index (Phi) is 5.51. The lowest BCUT2D eigenvalue weighted by molar-refractivity contribution is 0.0383. The van der Waals surface area contributed by atoms with E-state index in [9.17, 15) is 19.2 Å². The van der Waals surface area contributed by atoms with E-state index in [-0.39, 0.29) is 27.3 Å². The second kappa shape index (κ2) is 7.88. The summed E-state index contributed by atoms with van der Waals surface area (Å²) in [4.78, 5) is 49.1. The Hall–Kier alpha value is -3.46. The molecule has 0 spiro atoms. The van der Waals surface area contributed by atoms with Gasteiger partial charge in [0.05, 0.1) is 17.1 Å². The third-order valence-corrected chi connectivity index (χ3v) is 5.23. The quantitative estimate of drug-likeness (QED) is 0.617. The van der Waals surface area contributed by atoms with E-state index in [2.05, 4.69) is 5.32 Å². The number of nitrogens with one attached hydrogen (secondary N) is 1. The van der Waals surface area contributed by atoms with Gasteiger partial charge in [-0.3, -0.25) is 9.59 Å². The highest BCUT2D eigenvalue weighted by molar-refractivity contribution is 7.18. The maximum Gasteiger partial charge on any atom is 0.348 e. The molecule has 2 amide bonds. The largest absolute Gasteiger partial charge is 0.459 e. The fraction of sp³-hybridized carbons (Fsp3) is 0.200. The number of rotatable bonds is 5. The summed E-state index contributed by atoms with van der Waals surface area (Å²) in [7, 11) is 0. The van der Waals surface area contributed by atoms with Crippen LogP contribution in [-0.2, 0) is 4.74 Å². The third-order valence-electron chi connectivity index (χ3n) is 4.04. The van der Waals surface area contributed by atoms with Crippen LogP contribution in [0.4, 0.5) is 5.00 Å². The van der Waals surface area contributed by atoms with Gasteiger partial charge in [0.1, 0.15) is 9.88 Å². The highest BCUT2D eigenvalue weighted by atomic mass is 32.1. The number of esters is 1. The van der Waals surface area contributed by atoms with Crippen molar-refractivity contribution < 1.29 is 23.5 Å². The minimum Gasteiger partial charge on any atom is -0.459 e. The second-order valence-corrected chi connectivity index (χ2v) is 7.54. The van der Waals surface area contributed by atoms with Crippen molar-refractivity contribution in [1.29, 1.82) is 0 Å². The van der Waals surface area contributed by atoms with E-state index >= 15 is 0 Å². The first-order valence-corrected chi connectivity index (χ1v) is 9.49. The highest BCUT2D eigenvalue weighted by Gasteiger charge is 2.26. The van der Waals surface area contributed by atoms with Gasteiger partial charge in [-0.15, -0.1) is 11.3 Å². The van der Waals surface area contributed by atoms with Gasteiger partial charge in [0.2, 0.25) is 0 Å². The summed E-state index contributed by atoms with van der Waals surface area (Å²) < 4.78 is 10.3. The molecule has 2 heterocycles. The Morgan fingerprint density at radius 1 is 1.21 bits per heavy atom. The summed E-state index contributed by atoms with van der Waals surface area (Å²) in [6, 6.07) is 8.09. The average Bonchev–Trinajstić information content (AvgIpc) is 2.97. The van der Waals surface area contributed by atoms with Gasteiger partial charge in [0.15, 0.2) is 5.76 Å². The van der Waals surface area contributed by atoms with Crippen molar-refractivity contribution in [1.82, 2.24) is 0 Å². The van der Waals surface area contributed by atoms with E-state index in [1.54, 1.807) is 45.0 Å². The summed E-state index contributed by atoms with van der Waals surface area (Å²) in [6.07, 6.45) is -0.356. The standard InChI is InChI=1S/C20H18N2O6S/c1-9(2)27-20(26)15-10(3)14(16(21)23)18(29-15)22-17(24)13-8-11-6-4-5-7-12(11)19(25)28-13/h4-9H,1-3H3,(H2,21,23)(H,22,24). The van der Waals surface area contributed by atoms with Gasteiger partial charge in [0, 0.05) is 0 Å². The minimum atomic E-state index is -0.808. The molecule has 0 bridgehead atoms. The normalized spacial score (nSPS) is 10.9. The van der Waals surface area contributed by atoms with Crippen LogP contribution in [0.1, 0.15) is 50.0 Å². The number of thiophene rings is 1. The number of benzene rings is 1. The van der Waals surface area contributed by atoms with E-state index in [1.807, 2.05) is 0 Å². The summed E-state index contributed by atoms with van der Waals surface area (Å²) in [5.74, 6) is -2.41. The number of fused-ring (bicyclic) bond motifs is 1. The van der Waals surface area contributed by atoms with Crippen LogP contribution in [0.25, 0.3) is 10.8 Å². The lowest BCUT2D eigenvalue weighted by Gasteiger charge is -2.06. The third kappa shape index (κ3) is 4.04. The number of hydrogen-bond donors (Lipinski definition) is 2. The Balaban J connectivity index is 1.99. The number of anilines is 1. The number of nitrogens with two attached hydrogens (primary N) is 1. The van der Waals surface area contributed by atoms with E-state index in [0.717, 1.165) is 11.3 Å². The molecule has 8 nitrogen and oxygen atoms in total. The van der Waals surface area contributed by atoms with E-state index in [4.69, 9.17) is 14.9 Å². The fourth-order valence-corrected chi connectivity index (χ4v) is 3.86. The lowest BCUT2D eigenvalue weighted by Crippen LogP contribution is -2.18. The predicted molar refractivity (Wildman–Crippen MR) is 109 cm³/mol. The number of primary amides is 1. The van der Waals surface area contributed by atoms with Crippen molar-refractivity contribution in [2.45, 2.75) is 26.9 Å². The molecule has 150 valence electrons. The van der Waals surface area contributed by atoms with Crippen molar-refractivity contribution >= 4 is 44.9 Å². The monoisotopic (exact) mass is 414 g/mol. The molecule has 3 aromatic rings. The zero-order valence-corrected chi connectivity index (χ0v) is 16.7. The maximum absolute atomic E-state index is 12.6. The number of carbonyl (C=O) groups excluding carboxylic acids is 3. The lowest BCUT2D eigenvalue weighted by atomic mass is 10.1. The number of carbonyl (C=O) groups is 3. The smallest absolute Gasteiger partial charge is 0.348 e. The molecule has 2 aromatic heterocycles. The zero-order valence-electron chi connectivity index (χ0n) is 15.9. The molecule has 0 saturated carbocycles. The van der Waals surface area contributed by atoms with Gasteiger partial charge in [-0.25, -0.2) is 9.59 Å². The van der Waals surface area contributed by atoms with Gasteiger partial charge < -0.3 is 20.2 Å². The van der Waals surface area contributed by atoms with Crippen molar-refractivity contribution in [2.75, 3.05) is 5.32 Å². The molecular weight excluding hydrogens is 396 g/mol. The SMILES string of the molecule is Cc1c(C(=O)OC(C)C)sc(NC(=O)c2cc3ccccc3c(=O)o2)c1C(N)=O. The Labute approximate surface area is 169 Å². The van der Waals surface area contributed by atoms with Crippen LogP contribution in [-0.4, -0.2) is 23.9 Å². The van der Waals surface area contributed by atoms with Crippen molar-refractivity contribution in [2.24, 2.45) is 5.73 Å². The topological polar surface area (TPSA) is 129 Å². The van der Waals surface area contributed by atoms with E-state index in [0.29, 0.717) is 16.3 Å². The number of hydrogen-bond acceptors (Lipinski definition) is 7. The van der Waals surface area contributed by atoms with Crippen molar-refractivity contribution in [3.05, 3.63) is 62.5 Å². The highest BCUT2D eigenvalue weighted by Crippen LogP contribution is 2.34. The first-order valence-electron chi connectivity index (χ1n) is 8.67. The molecule has 3 rings (SSSR count). The van der Waals surface area contributed by atoms with E-state index in [1.165, 1.54) is 6.07 Å². The summed E-state index contributed by atoms with van der Waals surface area (Å²) >= 11 is 0.868. The average molecular weight is 414 g/mol. The molecular formula is C20H18N2O6S. The van der Waals surface area contributed by atoms with Crippen LogP contribution in [0.5, 0.6) is 0 Å². The van der Waals surface area contributed by atoms with Crippen LogP contribution in [0.15, 0.2) is 39.5 Å². The van der Waals surface area contributed by atoms with Crippen molar-refractivity contribution in [3.63, 3.8) is 0 Å². The van der Waals surface area contributed by atoms with Crippen LogP contribution < -0.4 is 16.7 Å². The number of amides is 2. The minimum absolute atomic E-state index is 0.00203. The molecule has 3 N–H and O–H groups in total. The molecule has 0 radical (unpaired) electrons. The summed E-state index contributed by atoms with van der Waals surface area (Å²) in [5.41, 5.74) is 5.08. The molecule has 0 unspecified atom stereocenters. The van der Waals surface area contributed by atoms with Crippen LogP contribution in [0.2, 0.25) is 0 Å². The van der Waals surface area contributed by atoms with Gasteiger partial charge in [0.25, 0.3) is 11.8 Å². The Morgan fingerprint density at radius 3 is 2.55 bits per heavy atom. The van der Waals surface area contributed by atoms with Crippen LogP contribution >= 0.6 is 11.3 Å². The molecule has 0 aliphatic rings. The molecule has 0 fully saturated rings. The molecule has 1 aromatic carbocycles. The van der Waals surface area contributed by atoms with Gasteiger partial charge in [-0.1, -0.05) is 18.2 Å². The van der Waals surface area contributed by atoms with Crippen LogP contribution in [0.3, 0.4) is 0 Å². The predicted octanol–water partition coefficient (Wildman–Crippen LogP) is 3.08. The molecule has 0 aliphatic heterocycles. The number of ether oxygens (including phenoxy) is 1. The fourth-order valence-electron chi connectivity index (χ4n) is 2.77. The van der Waals surface area contributed by atoms with Crippen LogP contribution in [0, 0.1) is 6.92 Å². The molecule has 0 aliphatic carbocycles. The van der Waals surface area contributed by atoms with Crippen molar-refractivity contribution in [3.8, 4) is 0 Å². The first-order chi connectivity index (χ1) is 13.7. The Bertz CT molecular complexity index is 1190. The van der Waals surface area contributed by atoms with Gasteiger partial charge in [-0.05, 0) is 43.9 Å². The summed E-state index contributed by atoms with van der Waals surface area (Å²) in [6.45, 7) is 4.93. The van der Waals surface area contributed by atoms with Gasteiger partial charge in [-0.2, -0.15) is 0 Å². The molecule has 0 saturated heterocycles. The summed E-state index contributed by atoms with van der Waals surface area (Å²) in [5, 5.41) is 3.46. The molecule has 0 atom stereocenters. The van der Waals surface area contributed by atoms with Gasteiger partial charge >= 0.3 is 11.6 Å². The molecule has 9 heteroatoms. The first kappa shape index (κ1) is 20.3. The zero-order chi connectivity index (χ0) is 21.3. The second-order valence-electron chi connectivity index (χ2n) is 6.52.